The molecule has 1 saturated carbocycles. The molecule has 0 spiro atoms. The molecule has 24 heavy (non-hydrogen) atoms. The maximum absolute atomic E-state index is 9.82. The molecule has 1 aliphatic carbocycles. The summed E-state index contributed by atoms with van der Waals surface area (Å²) in [6.45, 7) is 5.24. The van der Waals surface area contributed by atoms with E-state index in [-0.39, 0.29) is 6.01 Å². The topological polar surface area (TPSA) is 86.2 Å². The van der Waals surface area contributed by atoms with Crippen LogP contribution in [0.15, 0.2) is 0 Å². The highest BCUT2D eigenvalue weighted by Crippen LogP contribution is 2.21. The van der Waals surface area contributed by atoms with Gasteiger partial charge in [-0.2, -0.15) is 15.0 Å². The van der Waals surface area contributed by atoms with Crippen molar-refractivity contribution < 1.29 is 5.11 Å². The molecular weight excluding hydrogens is 304 g/mol. The molecule has 1 saturated heterocycles. The van der Waals surface area contributed by atoms with E-state index in [1.54, 1.807) is 0 Å². The number of hydrogen-bond acceptors (Lipinski definition) is 7. The molecular formula is C17H30N6O. The number of nitrogens with one attached hydrogen (secondary N) is 2. The minimum atomic E-state index is -0.220. The molecule has 0 radical (unpaired) electrons. The Kier molecular flexibility index (Phi) is 6.07. The average molecular weight is 334 g/mol. The smallest absolute Gasteiger partial charge is 0.320 e. The van der Waals surface area contributed by atoms with Gasteiger partial charge < -0.3 is 15.7 Å². The van der Waals surface area contributed by atoms with Gasteiger partial charge in [0.1, 0.15) is 0 Å². The van der Waals surface area contributed by atoms with E-state index in [1.807, 2.05) is 0 Å². The molecule has 3 N–H and O–H groups in total. The van der Waals surface area contributed by atoms with E-state index in [4.69, 9.17) is 0 Å². The van der Waals surface area contributed by atoms with Gasteiger partial charge in [-0.15, -0.1) is 0 Å². The zero-order chi connectivity index (χ0) is 16.8. The first-order valence-corrected chi connectivity index (χ1v) is 9.44. The van der Waals surface area contributed by atoms with Crippen molar-refractivity contribution in [1.29, 1.82) is 0 Å². The molecule has 134 valence electrons. The third-order valence-electron chi connectivity index (χ3n) is 5.21. The van der Waals surface area contributed by atoms with Crippen LogP contribution in [0.5, 0.6) is 6.01 Å². The van der Waals surface area contributed by atoms with E-state index >= 15 is 0 Å². The minimum absolute atomic E-state index is 0.220. The third kappa shape index (κ3) is 4.69. The molecule has 7 nitrogen and oxygen atoms in total. The van der Waals surface area contributed by atoms with Gasteiger partial charge in [-0.05, 0) is 38.8 Å². The lowest BCUT2D eigenvalue weighted by atomic mass is 10.1. The SMILES string of the molecule is CCN1CCCC1CNc1nc(O)nc(NC2CCCCCC2)n1. The molecule has 2 aliphatic rings. The summed E-state index contributed by atoms with van der Waals surface area (Å²) in [6, 6.07) is 0.696. The largest absolute Gasteiger partial charge is 0.479 e. The highest BCUT2D eigenvalue weighted by Gasteiger charge is 2.23. The van der Waals surface area contributed by atoms with Gasteiger partial charge in [-0.25, -0.2) is 0 Å². The third-order valence-corrected chi connectivity index (χ3v) is 5.21. The standard InChI is InChI=1S/C17H30N6O/c1-2-23-11-7-10-14(23)12-18-15-20-16(22-17(24)21-15)19-13-8-5-3-4-6-9-13/h13-14H,2-12H2,1H3,(H3,18,19,20,21,22,24). The van der Waals surface area contributed by atoms with Gasteiger partial charge >= 0.3 is 6.01 Å². The Labute approximate surface area is 144 Å². The molecule has 0 bridgehead atoms. The fourth-order valence-electron chi connectivity index (χ4n) is 3.87. The van der Waals surface area contributed by atoms with Crippen molar-refractivity contribution in [1.82, 2.24) is 19.9 Å². The second kappa shape index (κ2) is 8.46. The van der Waals surface area contributed by atoms with Crippen molar-refractivity contribution >= 4 is 11.9 Å². The van der Waals surface area contributed by atoms with Crippen molar-refractivity contribution in [2.45, 2.75) is 70.4 Å². The Balaban J connectivity index is 1.58. The lowest BCUT2D eigenvalue weighted by Gasteiger charge is -2.23. The maximum atomic E-state index is 9.82. The molecule has 1 aliphatic heterocycles. The summed E-state index contributed by atoms with van der Waals surface area (Å²) in [4.78, 5) is 15.0. The van der Waals surface area contributed by atoms with E-state index < -0.39 is 0 Å². The summed E-state index contributed by atoms with van der Waals surface area (Å²) >= 11 is 0. The second-order valence-electron chi connectivity index (χ2n) is 6.92. The number of aromatic hydroxyl groups is 1. The predicted octanol–water partition coefficient (Wildman–Crippen LogP) is 2.61. The van der Waals surface area contributed by atoms with Gasteiger partial charge in [0.2, 0.25) is 11.9 Å². The minimum Gasteiger partial charge on any atom is -0.479 e. The molecule has 1 atom stereocenters. The first kappa shape index (κ1) is 17.2. The highest BCUT2D eigenvalue weighted by atomic mass is 16.3. The van der Waals surface area contributed by atoms with Gasteiger partial charge in [0.25, 0.3) is 0 Å². The fourth-order valence-corrected chi connectivity index (χ4v) is 3.87. The summed E-state index contributed by atoms with van der Waals surface area (Å²) in [5.41, 5.74) is 0. The van der Waals surface area contributed by atoms with E-state index in [0.29, 0.717) is 24.0 Å². The van der Waals surface area contributed by atoms with Crippen molar-refractivity contribution in [3.63, 3.8) is 0 Å². The van der Waals surface area contributed by atoms with Crippen LogP contribution in [0.2, 0.25) is 0 Å². The quantitative estimate of drug-likeness (QED) is 0.689. The van der Waals surface area contributed by atoms with Crippen LogP contribution in [0.25, 0.3) is 0 Å². The van der Waals surface area contributed by atoms with Gasteiger partial charge in [0, 0.05) is 18.6 Å². The summed E-state index contributed by atoms with van der Waals surface area (Å²) < 4.78 is 0. The van der Waals surface area contributed by atoms with E-state index in [2.05, 4.69) is 37.4 Å². The Morgan fingerprint density at radius 1 is 1.00 bits per heavy atom. The molecule has 2 fully saturated rings. The number of hydrogen-bond donors (Lipinski definition) is 3. The van der Waals surface area contributed by atoms with E-state index in [0.717, 1.165) is 25.9 Å². The molecule has 3 rings (SSSR count). The molecule has 1 unspecified atom stereocenters. The predicted molar refractivity (Wildman–Crippen MR) is 95.4 cm³/mol. The van der Waals surface area contributed by atoms with Crippen LogP contribution in [0.1, 0.15) is 58.3 Å². The lowest BCUT2D eigenvalue weighted by molar-refractivity contribution is 0.276. The van der Waals surface area contributed by atoms with Crippen LogP contribution in [-0.2, 0) is 0 Å². The summed E-state index contributed by atoms with van der Waals surface area (Å²) in [6.07, 6.45) is 9.84. The summed E-state index contributed by atoms with van der Waals surface area (Å²) in [5.74, 6) is 0.942. The molecule has 2 heterocycles. The molecule has 1 aromatic heterocycles. The Hall–Kier alpha value is -1.63. The van der Waals surface area contributed by atoms with Gasteiger partial charge in [0.15, 0.2) is 0 Å². The van der Waals surface area contributed by atoms with Crippen LogP contribution in [0.4, 0.5) is 11.9 Å². The molecule has 7 heteroatoms. The van der Waals surface area contributed by atoms with Crippen LogP contribution >= 0.6 is 0 Å². The van der Waals surface area contributed by atoms with Crippen molar-refractivity contribution in [2.75, 3.05) is 30.3 Å². The van der Waals surface area contributed by atoms with Gasteiger partial charge in [0.05, 0.1) is 0 Å². The monoisotopic (exact) mass is 334 g/mol. The number of nitrogens with zero attached hydrogens (tertiary/aromatic N) is 4. The van der Waals surface area contributed by atoms with Crippen molar-refractivity contribution in [3.8, 4) is 6.01 Å². The van der Waals surface area contributed by atoms with Crippen molar-refractivity contribution in [2.24, 2.45) is 0 Å². The Morgan fingerprint density at radius 2 is 1.75 bits per heavy atom. The molecule has 0 amide bonds. The lowest BCUT2D eigenvalue weighted by Crippen LogP contribution is -2.35. The number of aromatic nitrogens is 3. The van der Waals surface area contributed by atoms with Crippen molar-refractivity contribution in [3.05, 3.63) is 0 Å². The maximum Gasteiger partial charge on any atom is 0.320 e. The number of likely N-dealkylation sites (N-methyl/N-ethyl adjacent to an activating group) is 1. The van der Waals surface area contributed by atoms with Crippen LogP contribution in [-0.4, -0.2) is 56.7 Å². The molecule has 1 aromatic rings. The zero-order valence-electron chi connectivity index (χ0n) is 14.7. The first-order chi connectivity index (χ1) is 11.7. The Bertz CT molecular complexity index is 518. The Morgan fingerprint density at radius 3 is 2.50 bits per heavy atom. The second-order valence-corrected chi connectivity index (χ2v) is 6.92. The van der Waals surface area contributed by atoms with Crippen LogP contribution < -0.4 is 10.6 Å². The molecule has 0 aromatic carbocycles. The van der Waals surface area contributed by atoms with Gasteiger partial charge in [-0.3, -0.25) is 4.90 Å². The first-order valence-electron chi connectivity index (χ1n) is 9.44. The normalized spacial score (nSPS) is 23.1. The summed E-state index contributed by atoms with van der Waals surface area (Å²) in [7, 11) is 0. The van der Waals surface area contributed by atoms with Gasteiger partial charge in [-0.1, -0.05) is 32.6 Å². The van der Waals surface area contributed by atoms with Crippen LogP contribution in [0.3, 0.4) is 0 Å². The fraction of sp³-hybridized carbons (Fsp3) is 0.824. The van der Waals surface area contributed by atoms with E-state index in [1.165, 1.54) is 45.1 Å². The average Bonchev–Trinajstić information content (AvgIpc) is 2.88. The number of rotatable bonds is 6. The number of likely N-dealkylation sites (tertiary alicyclic amines) is 1. The highest BCUT2D eigenvalue weighted by molar-refractivity contribution is 5.36. The summed E-state index contributed by atoms with van der Waals surface area (Å²) in [5, 5.41) is 16.5. The van der Waals surface area contributed by atoms with E-state index in [9.17, 15) is 5.11 Å². The number of anilines is 2. The van der Waals surface area contributed by atoms with Crippen LogP contribution in [0, 0.1) is 0 Å². The zero-order valence-corrected chi connectivity index (χ0v) is 14.7.